The van der Waals surface area contributed by atoms with Crippen molar-refractivity contribution < 1.29 is 65.2 Å². The van der Waals surface area contributed by atoms with Crippen LogP contribution in [-0.4, -0.2) is 106 Å². The quantitative estimate of drug-likeness (QED) is 0.0663. The predicted octanol–water partition coefficient (Wildman–Crippen LogP) is 7.28. The first-order valence-corrected chi connectivity index (χ1v) is 18.8. The van der Waals surface area contributed by atoms with Crippen LogP contribution in [0.4, 0.5) is 26.3 Å². The number of ether oxygens (including phenoxy) is 2. The lowest BCUT2D eigenvalue weighted by Crippen LogP contribution is -2.38. The number of benzene rings is 2. The van der Waals surface area contributed by atoms with Crippen LogP contribution in [0.1, 0.15) is 68.6 Å². The van der Waals surface area contributed by atoms with E-state index in [1.165, 1.54) is 0 Å². The van der Waals surface area contributed by atoms with E-state index in [4.69, 9.17) is 34.3 Å². The maximum Gasteiger partial charge on any atom is 0.490 e. The van der Waals surface area contributed by atoms with Crippen molar-refractivity contribution in [2.75, 3.05) is 40.0 Å². The van der Waals surface area contributed by atoms with E-state index in [9.17, 15) is 35.9 Å². The summed E-state index contributed by atoms with van der Waals surface area (Å²) in [7, 11) is 1.67. The number of carboxylic acids is 2. The average Bonchev–Trinajstić information content (AvgIpc) is 3.79. The summed E-state index contributed by atoms with van der Waals surface area (Å²) in [5.74, 6) is -3.73. The zero-order chi connectivity index (χ0) is 43.8. The SMILES string of the molecule is CCC(=O)CCCCC[C@H](NC(=O)Cc1c(C)n(CCN2CCOCC2)c2ccc(OC)cc12)c1ncc(-c2ccccc2)[nH]1.O=C(O)C(F)(F)F.O=C(O)C(F)(F)F. The number of unbranched alkanes of at least 4 members (excludes halogenated alkanes) is 2. The summed E-state index contributed by atoms with van der Waals surface area (Å²) in [6.45, 7) is 9.22. The van der Waals surface area contributed by atoms with Crippen LogP contribution in [0.3, 0.4) is 0 Å². The number of carbonyl (C=O) groups is 4. The fourth-order valence-corrected chi connectivity index (χ4v) is 6.22. The molecule has 0 bridgehead atoms. The number of halogens is 6. The summed E-state index contributed by atoms with van der Waals surface area (Å²) in [6.07, 6.45) is -3.45. The molecule has 5 rings (SSSR count). The van der Waals surface area contributed by atoms with E-state index in [1.54, 1.807) is 7.11 Å². The van der Waals surface area contributed by atoms with Crippen molar-refractivity contribution in [3.63, 3.8) is 0 Å². The summed E-state index contributed by atoms with van der Waals surface area (Å²) in [4.78, 5) is 54.0. The van der Waals surface area contributed by atoms with E-state index >= 15 is 0 Å². The lowest BCUT2D eigenvalue weighted by molar-refractivity contribution is -0.193. The van der Waals surface area contributed by atoms with Gasteiger partial charge in [-0.2, -0.15) is 26.3 Å². The zero-order valence-corrected chi connectivity index (χ0v) is 32.9. The molecule has 0 saturated carbocycles. The number of nitrogens with one attached hydrogen (secondary N) is 2. The zero-order valence-electron chi connectivity index (χ0n) is 32.9. The number of carboxylic acid groups (broad SMARTS) is 2. The number of aromatic nitrogens is 3. The summed E-state index contributed by atoms with van der Waals surface area (Å²) in [6, 6.07) is 15.9. The monoisotopic (exact) mass is 841 g/mol. The highest BCUT2D eigenvalue weighted by molar-refractivity contribution is 5.91. The third kappa shape index (κ3) is 15.4. The molecule has 3 heterocycles. The molecule has 13 nitrogen and oxygen atoms in total. The van der Waals surface area contributed by atoms with Crippen LogP contribution in [0.25, 0.3) is 22.2 Å². The van der Waals surface area contributed by atoms with Crippen molar-refractivity contribution in [1.82, 2.24) is 24.8 Å². The summed E-state index contributed by atoms with van der Waals surface area (Å²) < 4.78 is 76.9. The number of nitrogens with zero attached hydrogens (tertiary/aromatic N) is 3. The number of alkyl halides is 6. The Morgan fingerprint density at radius 1 is 0.932 bits per heavy atom. The van der Waals surface area contributed by atoms with Gasteiger partial charge >= 0.3 is 24.3 Å². The maximum atomic E-state index is 13.8. The Morgan fingerprint density at radius 3 is 2.14 bits per heavy atom. The minimum atomic E-state index is -5.08. The maximum absolute atomic E-state index is 13.8. The molecule has 0 radical (unpaired) electrons. The van der Waals surface area contributed by atoms with Crippen LogP contribution in [0.15, 0.2) is 54.7 Å². The summed E-state index contributed by atoms with van der Waals surface area (Å²) in [5, 5.41) is 18.6. The number of ketones is 1. The summed E-state index contributed by atoms with van der Waals surface area (Å²) >= 11 is 0. The van der Waals surface area contributed by atoms with Crippen molar-refractivity contribution >= 4 is 34.5 Å². The number of aliphatic carboxylic acids is 2. The molecule has 19 heteroatoms. The minimum absolute atomic E-state index is 0.0445. The van der Waals surface area contributed by atoms with Crippen molar-refractivity contribution in [2.45, 2.75) is 83.7 Å². The smallest absolute Gasteiger partial charge is 0.490 e. The summed E-state index contributed by atoms with van der Waals surface area (Å²) in [5.41, 5.74) is 5.20. The van der Waals surface area contributed by atoms with E-state index in [-0.39, 0.29) is 18.4 Å². The van der Waals surface area contributed by atoms with Gasteiger partial charge in [0.1, 0.15) is 17.4 Å². The Kier molecular flexibility index (Phi) is 18.4. The number of imidazole rings is 1. The van der Waals surface area contributed by atoms with Crippen molar-refractivity contribution in [2.24, 2.45) is 0 Å². The Labute approximate surface area is 336 Å². The van der Waals surface area contributed by atoms with Crippen LogP contribution >= 0.6 is 0 Å². The largest absolute Gasteiger partial charge is 0.497 e. The van der Waals surface area contributed by atoms with Gasteiger partial charge in [-0.15, -0.1) is 0 Å². The van der Waals surface area contributed by atoms with Crippen LogP contribution in [0.2, 0.25) is 0 Å². The number of hydrogen-bond donors (Lipinski definition) is 4. The second kappa shape index (κ2) is 22.6. The van der Waals surface area contributed by atoms with Crippen molar-refractivity contribution in [3.8, 4) is 17.0 Å². The number of H-pyrrole nitrogens is 1. The predicted molar refractivity (Wildman–Crippen MR) is 205 cm³/mol. The van der Waals surface area contributed by atoms with Gasteiger partial charge in [-0.3, -0.25) is 14.5 Å². The highest BCUT2D eigenvalue weighted by atomic mass is 19.4. The highest BCUT2D eigenvalue weighted by Crippen LogP contribution is 2.31. The standard InChI is InChI=1S/C36H47N5O4.2C2HF3O2/c1-4-28(42)13-9-6-10-14-32(36-37-25-33(39-36)27-11-7-5-8-12-27)38-35(43)24-30-26(2)41(18-17-40-19-21-45-22-20-40)34-16-15-29(44-3)23-31(30)34;2*3-2(4,5)1(6)7/h5,7-8,11-12,15-16,23,25,32H,4,6,9-10,13-14,17-22,24H2,1-3H3,(H,37,39)(H,38,43);2*(H,6,7)/t32-;;/m0../s1. The molecule has 1 saturated heterocycles. The van der Waals surface area contributed by atoms with Crippen LogP contribution in [-0.2, 0) is 36.9 Å². The molecule has 0 unspecified atom stereocenters. The van der Waals surface area contributed by atoms with E-state index in [1.807, 2.05) is 55.6 Å². The average molecular weight is 842 g/mol. The molecule has 59 heavy (non-hydrogen) atoms. The van der Waals surface area contributed by atoms with Gasteiger partial charge in [0, 0.05) is 55.6 Å². The molecular formula is C40H49F6N5O8. The second-order valence-corrected chi connectivity index (χ2v) is 13.5. The first kappa shape index (κ1) is 47.9. The van der Waals surface area contributed by atoms with E-state index in [0.717, 1.165) is 110 Å². The molecule has 1 fully saturated rings. The van der Waals surface area contributed by atoms with Crippen LogP contribution in [0.5, 0.6) is 5.75 Å². The molecule has 2 aromatic heterocycles. The number of fused-ring (bicyclic) bond motifs is 1. The molecule has 1 amide bonds. The Balaban J connectivity index is 0.000000569. The normalized spacial score (nSPS) is 13.7. The molecular weight excluding hydrogens is 792 g/mol. The van der Waals surface area contributed by atoms with Crippen molar-refractivity contribution in [1.29, 1.82) is 0 Å². The van der Waals surface area contributed by atoms with Gasteiger partial charge in [0.05, 0.1) is 44.7 Å². The number of carbonyl (C=O) groups excluding carboxylic acids is 2. The first-order valence-electron chi connectivity index (χ1n) is 18.8. The molecule has 324 valence electrons. The molecule has 2 aromatic carbocycles. The minimum Gasteiger partial charge on any atom is -0.497 e. The Morgan fingerprint density at radius 2 is 1.56 bits per heavy atom. The first-order chi connectivity index (χ1) is 27.8. The van der Waals surface area contributed by atoms with Gasteiger partial charge in [-0.1, -0.05) is 50.1 Å². The Bertz CT molecular complexity index is 1950. The van der Waals surface area contributed by atoms with Gasteiger partial charge in [-0.05, 0) is 49.1 Å². The van der Waals surface area contributed by atoms with Gasteiger partial charge in [-0.25, -0.2) is 14.6 Å². The Hall–Kier alpha value is -5.43. The lowest BCUT2D eigenvalue weighted by Gasteiger charge is -2.27. The number of hydrogen-bond acceptors (Lipinski definition) is 8. The third-order valence-corrected chi connectivity index (χ3v) is 9.42. The van der Waals surface area contributed by atoms with Crippen LogP contribution < -0.4 is 10.1 Å². The van der Waals surface area contributed by atoms with Gasteiger partial charge in [0.2, 0.25) is 5.91 Å². The van der Waals surface area contributed by atoms with Gasteiger partial charge < -0.3 is 34.6 Å². The highest BCUT2D eigenvalue weighted by Gasteiger charge is 2.39. The molecule has 1 aliphatic heterocycles. The fraction of sp³-hybridized carbons (Fsp3) is 0.475. The second-order valence-electron chi connectivity index (χ2n) is 13.5. The van der Waals surface area contributed by atoms with Gasteiger partial charge in [0.25, 0.3) is 0 Å². The third-order valence-electron chi connectivity index (χ3n) is 9.42. The number of Topliss-reactive ketones (excluding diaryl/α,β-unsaturated/α-hetero) is 1. The molecule has 4 N–H and O–H groups in total. The topological polar surface area (TPSA) is 176 Å². The molecule has 4 aromatic rings. The number of methoxy groups -OCH3 is 1. The molecule has 1 aliphatic rings. The lowest BCUT2D eigenvalue weighted by atomic mass is 10.0. The van der Waals surface area contributed by atoms with E-state index < -0.39 is 24.3 Å². The number of rotatable bonds is 16. The fourth-order valence-electron chi connectivity index (χ4n) is 6.22. The van der Waals surface area contributed by atoms with E-state index in [2.05, 4.69) is 32.8 Å². The number of morpholine rings is 1. The number of aromatic amines is 1. The van der Waals surface area contributed by atoms with Crippen LogP contribution in [0, 0.1) is 6.92 Å². The van der Waals surface area contributed by atoms with E-state index in [0.29, 0.717) is 18.6 Å². The molecule has 1 atom stereocenters. The van der Waals surface area contributed by atoms with Crippen molar-refractivity contribution in [3.05, 3.63) is 71.8 Å². The van der Waals surface area contributed by atoms with Gasteiger partial charge in [0.15, 0.2) is 0 Å². The molecule has 0 aliphatic carbocycles. The number of amides is 1. The molecule has 0 spiro atoms.